The minimum absolute atomic E-state index is 0.0329. The van der Waals surface area contributed by atoms with Gasteiger partial charge in [-0.05, 0) is 80.1 Å². The number of methoxy groups -OCH3 is 1. The van der Waals surface area contributed by atoms with Crippen LogP contribution in [0.15, 0.2) is 66.7 Å². The normalized spacial score (nSPS) is 11.1. The van der Waals surface area contributed by atoms with Crippen molar-refractivity contribution in [2.75, 3.05) is 26.9 Å². The highest BCUT2D eigenvalue weighted by molar-refractivity contribution is 5.92. The fourth-order valence-corrected chi connectivity index (χ4v) is 4.35. The molecule has 0 spiro atoms. The largest absolute Gasteiger partial charge is 0.494 e. The van der Waals surface area contributed by atoms with Crippen molar-refractivity contribution in [1.29, 1.82) is 0 Å². The third kappa shape index (κ3) is 13.4. The number of esters is 3. The first kappa shape index (κ1) is 39.4. The summed E-state index contributed by atoms with van der Waals surface area (Å²) in [4.78, 5) is 57.6. The molecule has 0 aliphatic carbocycles. The summed E-state index contributed by atoms with van der Waals surface area (Å²) in [6, 6.07) is 13.8. The van der Waals surface area contributed by atoms with Gasteiger partial charge in [0.2, 0.25) is 0 Å². The van der Waals surface area contributed by atoms with E-state index in [1.165, 1.54) is 48.6 Å². The predicted molar refractivity (Wildman–Crippen MR) is 174 cm³/mol. The van der Waals surface area contributed by atoms with Gasteiger partial charge < -0.3 is 23.7 Å². The number of rotatable bonds is 19. The quantitative estimate of drug-likeness (QED) is 0.0299. The van der Waals surface area contributed by atoms with Gasteiger partial charge in [-0.1, -0.05) is 12.1 Å². The number of halogens is 3. The van der Waals surface area contributed by atoms with Gasteiger partial charge in [0, 0.05) is 24.6 Å². The first-order valence-corrected chi connectivity index (χ1v) is 15.4. The number of benzene rings is 3. The molecular weight excluding hydrogens is 685 g/mol. The van der Waals surface area contributed by atoms with Gasteiger partial charge in [0.25, 0.3) is 5.75 Å². The van der Waals surface area contributed by atoms with Crippen LogP contribution >= 0.6 is 0 Å². The molecule has 0 saturated heterocycles. The molecule has 272 valence electrons. The number of carbonyl (C=O) groups is 3. The lowest BCUT2D eigenvalue weighted by atomic mass is 10.1. The van der Waals surface area contributed by atoms with Crippen molar-refractivity contribution in [3.8, 4) is 17.2 Å². The number of hydrogen-bond acceptors (Lipinski definition) is 12. The number of hydrogen-bond donors (Lipinski definition) is 0. The Kier molecular flexibility index (Phi) is 14.9. The van der Waals surface area contributed by atoms with Crippen LogP contribution in [0.1, 0.15) is 64.8 Å². The lowest BCUT2D eigenvalue weighted by Gasteiger charge is -2.09. The van der Waals surface area contributed by atoms with E-state index in [0.717, 1.165) is 19.2 Å². The molecule has 3 rings (SSSR count). The van der Waals surface area contributed by atoms with Gasteiger partial charge in [-0.2, -0.15) is 13.2 Å². The minimum Gasteiger partial charge on any atom is -0.494 e. The molecule has 0 atom stereocenters. The summed E-state index contributed by atoms with van der Waals surface area (Å²) >= 11 is 0. The van der Waals surface area contributed by atoms with Gasteiger partial charge in [0.1, 0.15) is 11.5 Å². The van der Waals surface area contributed by atoms with Crippen molar-refractivity contribution in [3.63, 3.8) is 0 Å². The van der Waals surface area contributed by atoms with Gasteiger partial charge in [0.15, 0.2) is 0 Å². The Hall–Kier alpha value is -6.00. The molecular formula is C34H33F3N2O12. The highest BCUT2D eigenvalue weighted by Crippen LogP contribution is 2.38. The molecule has 0 N–H and O–H groups in total. The second kappa shape index (κ2) is 19.3. The average Bonchev–Trinajstić information content (AvgIpc) is 3.09. The van der Waals surface area contributed by atoms with Crippen molar-refractivity contribution in [2.45, 2.75) is 44.7 Å². The van der Waals surface area contributed by atoms with E-state index in [9.17, 15) is 47.8 Å². The second-order valence-electron chi connectivity index (χ2n) is 10.7. The van der Waals surface area contributed by atoms with Crippen molar-refractivity contribution >= 4 is 35.4 Å². The van der Waals surface area contributed by atoms with Crippen LogP contribution in [0, 0.1) is 20.2 Å². The molecule has 0 bridgehead atoms. The zero-order valence-corrected chi connectivity index (χ0v) is 27.2. The van der Waals surface area contributed by atoms with E-state index >= 15 is 0 Å². The predicted octanol–water partition coefficient (Wildman–Crippen LogP) is 7.43. The summed E-state index contributed by atoms with van der Waals surface area (Å²) in [5.41, 5.74) is -0.985. The van der Waals surface area contributed by atoms with Crippen LogP contribution in [0.25, 0.3) is 6.08 Å². The number of nitro benzene ring substituents is 2. The van der Waals surface area contributed by atoms with Crippen LogP contribution in [-0.4, -0.2) is 60.9 Å². The number of carbonyl (C=O) groups excluding carboxylic acids is 3. The fourth-order valence-electron chi connectivity index (χ4n) is 4.35. The van der Waals surface area contributed by atoms with Crippen LogP contribution < -0.4 is 14.2 Å². The van der Waals surface area contributed by atoms with Crippen molar-refractivity contribution < 1.29 is 61.1 Å². The molecule has 0 aliphatic rings. The van der Waals surface area contributed by atoms with E-state index in [-0.39, 0.29) is 43.1 Å². The van der Waals surface area contributed by atoms with E-state index in [1.54, 1.807) is 12.1 Å². The van der Waals surface area contributed by atoms with Gasteiger partial charge in [-0.15, -0.1) is 0 Å². The molecule has 14 nitrogen and oxygen atoms in total. The first-order valence-electron chi connectivity index (χ1n) is 15.4. The lowest BCUT2D eigenvalue weighted by Crippen LogP contribution is -2.10. The van der Waals surface area contributed by atoms with Crippen LogP contribution in [0.3, 0.4) is 0 Å². The standard InChI is InChI=1S/C34H33F3N2O12/c1-47-31-28(38(43)44)21-25(22-29(31)39(45)46)32(41)50-19-5-3-2-4-18-49-30(40)16-9-23-7-12-27(13-8-23)51-33(42)24-10-14-26(15-11-24)48-20-6-17-34(35,36)37/h7-16,21-22H,2-6,17-20H2,1H3. The Morgan fingerprint density at radius 2 is 1.29 bits per heavy atom. The summed E-state index contributed by atoms with van der Waals surface area (Å²) in [6.07, 6.45) is -0.414. The van der Waals surface area contributed by atoms with Crippen LogP contribution in [0.2, 0.25) is 0 Å². The zero-order chi connectivity index (χ0) is 37.4. The average molecular weight is 719 g/mol. The summed E-state index contributed by atoms with van der Waals surface area (Å²) in [5.74, 6) is -2.19. The fraction of sp³-hybridized carbons (Fsp3) is 0.324. The molecule has 17 heteroatoms. The molecule has 0 heterocycles. The number of unbranched alkanes of at least 4 members (excludes halogenated alkanes) is 3. The van der Waals surface area contributed by atoms with Gasteiger partial charge in [0.05, 0.1) is 47.9 Å². The summed E-state index contributed by atoms with van der Waals surface area (Å²) in [6.45, 7) is -0.00514. The van der Waals surface area contributed by atoms with E-state index < -0.39 is 57.5 Å². The Morgan fingerprint density at radius 1 is 0.725 bits per heavy atom. The van der Waals surface area contributed by atoms with Crippen molar-refractivity contribution in [1.82, 2.24) is 0 Å². The molecule has 0 radical (unpaired) electrons. The highest BCUT2D eigenvalue weighted by atomic mass is 19.4. The van der Waals surface area contributed by atoms with E-state index in [4.69, 9.17) is 23.7 Å². The molecule has 0 unspecified atom stereocenters. The number of ether oxygens (including phenoxy) is 5. The number of nitro groups is 2. The Morgan fingerprint density at radius 3 is 1.84 bits per heavy atom. The maximum atomic E-state index is 12.4. The molecule has 0 saturated carbocycles. The monoisotopic (exact) mass is 718 g/mol. The van der Waals surface area contributed by atoms with E-state index in [1.807, 2.05) is 0 Å². The Balaban J connectivity index is 1.31. The molecule has 0 aliphatic heterocycles. The SMILES string of the molecule is COc1c([N+](=O)[O-])cc(C(=O)OCCCCCCOC(=O)C=Cc2ccc(OC(=O)c3ccc(OCCCC(F)(F)F)cc3)cc2)cc1[N+](=O)[O-]. The molecule has 0 fully saturated rings. The maximum absolute atomic E-state index is 12.4. The van der Waals surface area contributed by atoms with E-state index in [0.29, 0.717) is 37.0 Å². The second-order valence-corrected chi connectivity index (χ2v) is 10.7. The minimum atomic E-state index is -4.24. The number of alkyl halides is 3. The number of nitrogens with zero attached hydrogens (tertiary/aromatic N) is 2. The smallest absolute Gasteiger partial charge is 0.389 e. The first-order chi connectivity index (χ1) is 24.3. The highest BCUT2D eigenvalue weighted by Gasteiger charge is 2.30. The third-order valence-corrected chi connectivity index (χ3v) is 6.86. The molecule has 3 aromatic rings. The zero-order valence-electron chi connectivity index (χ0n) is 27.2. The molecule has 0 aromatic heterocycles. The molecule has 0 amide bonds. The third-order valence-electron chi connectivity index (χ3n) is 6.86. The summed E-state index contributed by atoms with van der Waals surface area (Å²) < 4.78 is 62.3. The summed E-state index contributed by atoms with van der Waals surface area (Å²) in [5, 5.41) is 22.5. The van der Waals surface area contributed by atoms with Crippen LogP contribution in [-0.2, 0) is 14.3 Å². The Bertz CT molecular complexity index is 1670. The maximum Gasteiger partial charge on any atom is 0.389 e. The lowest BCUT2D eigenvalue weighted by molar-refractivity contribution is -0.395. The Labute approximate surface area is 289 Å². The summed E-state index contributed by atoms with van der Waals surface area (Å²) in [7, 11) is 1.04. The van der Waals surface area contributed by atoms with Crippen molar-refractivity contribution in [3.05, 3.63) is 104 Å². The molecule has 3 aromatic carbocycles. The topological polar surface area (TPSA) is 184 Å². The molecule has 51 heavy (non-hydrogen) atoms. The van der Waals surface area contributed by atoms with Gasteiger partial charge >= 0.3 is 35.5 Å². The van der Waals surface area contributed by atoms with Gasteiger partial charge in [-0.25, -0.2) is 14.4 Å². The van der Waals surface area contributed by atoms with E-state index in [2.05, 4.69) is 0 Å². The van der Waals surface area contributed by atoms with Crippen LogP contribution in [0.5, 0.6) is 17.2 Å². The van der Waals surface area contributed by atoms with Crippen LogP contribution in [0.4, 0.5) is 24.5 Å². The van der Waals surface area contributed by atoms with Crippen molar-refractivity contribution in [2.24, 2.45) is 0 Å². The van der Waals surface area contributed by atoms with Gasteiger partial charge in [-0.3, -0.25) is 20.2 Å².